The molecule has 7 nitrogen and oxygen atoms in total. The Bertz CT molecular complexity index is 700. The third kappa shape index (κ3) is 6.93. The summed E-state index contributed by atoms with van der Waals surface area (Å²) in [7, 11) is -3.37. The first-order valence-corrected chi connectivity index (χ1v) is 10.8. The van der Waals surface area contributed by atoms with E-state index in [1.807, 2.05) is 0 Å². The number of carbonyl (C=O) groups excluding carboxylic acids is 1. The van der Waals surface area contributed by atoms with Gasteiger partial charge in [0.25, 0.3) is 5.91 Å². The fourth-order valence-electron chi connectivity index (χ4n) is 3.10. The standard InChI is InChI=1S/C18H29N3O4S/c1-14(2)11-17(21-7-9-25-10-8-21)13-19-18(22)15-5-4-6-16(12-15)20-26(3,23)24/h4-6,12,14,17,20H,7-11,13H2,1-3H3,(H,19,22). The highest BCUT2D eigenvalue weighted by Crippen LogP contribution is 2.15. The molecule has 1 unspecified atom stereocenters. The van der Waals surface area contributed by atoms with Crippen LogP contribution in [-0.2, 0) is 14.8 Å². The van der Waals surface area contributed by atoms with Crippen LogP contribution in [0.5, 0.6) is 0 Å². The molecule has 1 aromatic rings. The first-order valence-electron chi connectivity index (χ1n) is 8.92. The van der Waals surface area contributed by atoms with E-state index in [-0.39, 0.29) is 11.9 Å². The van der Waals surface area contributed by atoms with Crippen LogP contribution in [0.25, 0.3) is 0 Å². The van der Waals surface area contributed by atoms with Crippen LogP contribution in [0, 0.1) is 5.92 Å². The second-order valence-electron chi connectivity index (χ2n) is 7.10. The van der Waals surface area contributed by atoms with Crippen molar-refractivity contribution in [1.29, 1.82) is 0 Å². The summed E-state index contributed by atoms with van der Waals surface area (Å²) in [6, 6.07) is 6.76. The van der Waals surface area contributed by atoms with Gasteiger partial charge in [-0.05, 0) is 30.5 Å². The fourth-order valence-corrected chi connectivity index (χ4v) is 3.65. The van der Waals surface area contributed by atoms with Crippen LogP contribution in [0.3, 0.4) is 0 Å². The summed E-state index contributed by atoms with van der Waals surface area (Å²) in [5.41, 5.74) is 0.816. The quantitative estimate of drug-likeness (QED) is 0.711. The van der Waals surface area contributed by atoms with E-state index in [2.05, 4.69) is 28.8 Å². The van der Waals surface area contributed by atoms with Gasteiger partial charge in [0.1, 0.15) is 0 Å². The number of morpholine rings is 1. The first kappa shape index (κ1) is 20.7. The number of hydrogen-bond acceptors (Lipinski definition) is 5. The monoisotopic (exact) mass is 383 g/mol. The largest absolute Gasteiger partial charge is 0.379 e. The third-order valence-electron chi connectivity index (χ3n) is 4.23. The highest BCUT2D eigenvalue weighted by Gasteiger charge is 2.22. The van der Waals surface area contributed by atoms with E-state index >= 15 is 0 Å². The number of nitrogens with zero attached hydrogens (tertiary/aromatic N) is 1. The van der Waals surface area contributed by atoms with Crippen LogP contribution >= 0.6 is 0 Å². The van der Waals surface area contributed by atoms with Gasteiger partial charge in [0.2, 0.25) is 10.0 Å². The molecule has 0 bridgehead atoms. The van der Waals surface area contributed by atoms with E-state index in [9.17, 15) is 13.2 Å². The Balaban J connectivity index is 1.99. The second-order valence-corrected chi connectivity index (χ2v) is 8.85. The predicted molar refractivity (Wildman–Crippen MR) is 103 cm³/mol. The molecule has 1 fully saturated rings. The maximum atomic E-state index is 12.5. The molecule has 1 heterocycles. The topological polar surface area (TPSA) is 87.7 Å². The number of amides is 1. The molecule has 2 N–H and O–H groups in total. The smallest absolute Gasteiger partial charge is 0.251 e. The molecule has 0 radical (unpaired) electrons. The lowest BCUT2D eigenvalue weighted by Gasteiger charge is -2.35. The molecule has 8 heteroatoms. The molecular formula is C18H29N3O4S. The Morgan fingerprint density at radius 1 is 1.27 bits per heavy atom. The molecule has 0 aromatic heterocycles. The van der Waals surface area contributed by atoms with Crippen molar-refractivity contribution in [3.8, 4) is 0 Å². The molecule has 1 atom stereocenters. The fraction of sp³-hybridized carbons (Fsp3) is 0.611. The Kier molecular flexibility index (Phi) is 7.43. The number of anilines is 1. The van der Waals surface area contributed by atoms with Crippen molar-refractivity contribution in [2.75, 3.05) is 43.8 Å². The summed E-state index contributed by atoms with van der Waals surface area (Å²) in [5.74, 6) is 0.325. The third-order valence-corrected chi connectivity index (χ3v) is 4.84. The summed E-state index contributed by atoms with van der Waals surface area (Å²) in [5, 5.41) is 2.99. The SMILES string of the molecule is CC(C)CC(CNC(=O)c1cccc(NS(C)(=O)=O)c1)N1CCOCC1. The molecule has 0 spiro atoms. The Morgan fingerprint density at radius 3 is 2.58 bits per heavy atom. The number of rotatable bonds is 8. The van der Waals surface area contributed by atoms with Crippen molar-refractivity contribution in [1.82, 2.24) is 10.2 Å². The molecule has 1 amide bonds. The van der Waals surface area contributed by atoms with Crippen molar-refractivity contribution in [2.45, 2.75) is 26.3 Å². The van der Waals surface area contributed by atoms with Crippen LogP contribution in [0.2, 0.25) is 0 Å². The van der Waals surface area contributed by atoms with Gasteiger partial charge in [-0.2, -0.15) is 0 Å². The summed E-state index contributed by atoms with van der Waals surface area (Å²) in [6.45, 7) is 8.11. The van der Waals surface area contributed by atoms with Gasteiger partial charge in [0.05, 0.1) is 19.5 Å². The van der Waals surface area contributed by atoms with Crippen LogP contribution in [-0.4, -0.2) is 64.4 Å². The molecule has 146 valence electrons. The number of carbonyl (C=O) groups is 1. The summed E-state index contributed by atoms with van der Waals surface area (Å²) in [6.07, 6.45) is 2.08. The lowest BCUT2D eigenvalue weighted by Crippen LogP contribution is -2.49. The summed E-state index contributed by atoms with van der Waals surface area (Å²) < 4.78 is 30.5. The minimum atomic E-state index is -3.37. The Labute approximate surface area is 156 Å². The molecular weight excluding hydrogens is 354 g/mol. The van der Waals surface area contributed by atoms with Crippen LogP contribution < -0.4 is 10.0 Å². The van der Waals surface area contributed by atoms with Crippen molar-refractivity contribution >= 4 is 21.6 Å². The molecule has 1 aliphatic heterocycles. The highest BCUT2D eigenvalue weighted by atomic mass is 32.2. The zero-order valence-electron chi connectivity index (χ0n) is 15.7. The average molecular weight is 384 g/mol. The van der Waals surface area contributed by atoms with Gasteiger partial charge in [0, 0.05) is 36.9 Å². The predicted octanol–water partition coefficient (Wildman–Crippen LogP) is 1.53. The average Bonchev–Trinajstić information content (AvgIpc) is 2.57. The number of ether oxygens (including phenoxy) is 1. The number of sulfonamides is 1. The van der Waals surface area contributed by atoms with E-state index in [0.717, 1.165) is 39.0 Å². The second kappa shape index (κ2) is 9.34. The van der Waals surface area contributed by atoms with Crippen molar-refractivity contribution in [2.24, 2.45) is 5.92 Å². The Hall–Kier alpha value is -1.64. The van der Waals surface area contributed by atoms with Gasteiger partial charge in [-0.3, -0.25) is 14.4 Å². The number of benzene rings is 1. The first-order chi connectivity index (χ1) is 12.2. The van der Waals surface area contributed by atoms with E-state index in [0.29, 0.717) is 23.7 Å². The molecule has 1 saturated heterocycles. The van der Waals surface area contributed by atoms with Gasteiger partial charge in [-0.15, -0.1) is 0 Å². The molecule has 1 aromatic carbocycles. The van der Waals surface area contributed by atoms with Gasteiger partial charge in [-0.25, -0.2) is 8.42 Å². The maximum absolute atomic E-state index is 12.5. The van der Waals surface area contributed by atoms with Crippen LogP contribution in [0.1, 0.15) is 30.6 Å². The maximum Gasteiger partial charge on any atom is 0.251 e. The lowest BCUT2D eigenvalue weighted by molar-refractivity contribution is 0.0124. The minimum absolute atomic E-state index is 0.204. The van der Waals surface area contributed by atoms with Crippen molar-refractivity contribution < 1.29 is 17.9 Å². The van der Waals surface area contributed by atoms with E-state index in [1.54, 1.807) is 24.3 Å². The number of nitrogens with one attached hydrogen (secondary N) is 2. The molecule has 1 aliphatic rings. The van der Waals surface area contributed by atoms with Crippen molar-refractivity contribution in [3.05, 3.63) is 29.8 Å². The minimum Gasteiger partial charge on any atom is -0.379 e. The molecule has 0 saturated carbocycles. The van der Waals surface area contributed by atoms with E-state index < -0.39 is 10.0 Å². The number of hydrogen-bond donors (Lipinski definition) is 2. The zero-order chi connectivity index (χ0) is 19.2. The Morgan fingerprint density at radius 2 is 1.96 bits per heavy atom. The van der Waals surface area contributed by atoms with Crippen LogP contribution in [0.15, 0.2) is 24.3 Å². The van der Waals surface area contributed by atoms with Gasteiger partial charge in [0.15, 0.2) is 0 Å². The molecule has 0 aliphatic carbocycles. The van der Waals surface area contributed by atoms with Gasteiger partial charge in [-0.1, -0.05) is 19.9 Å². The van der Waals surface area contributed by atoms with E-state index in [4.69, 9.17) is 4.74 Å². The van der Waals surface area contributed by atoms with Gasteiger partial charge >= 0.3 is 0 Å². The highest BCUT2D eigenvalue weighted by molar-refractivity contribution is 7.92. The molecule has 2 rings (SSSR count). The summed E-state index contributed by atoms with van der Waals surface area (Å²) in [4.78, 5) is 14.9. The van der Waals surface area contributed by atoms with E-state index in [1.165, 1.54) is 0 Å². The zero-order valence-corrected chi connectivity index (χ0v) is 16.5. The lowest BCUT2D eigenvalue weighted by atomic mass is 10.0. The summed E-state index contributed by atoms with van der Waals surface area (Å²) >= 11 is 0. The van der Waals surface area contributed by atoms with Gasteiger partial charge < -0.3 is 10.1 Å². The molecule has 26 heavy (non-hydrogen) atoms. The normalized spacial score (nSPS) is 17.1. The van der Waals surface area contributed by atoms with Crippen LogP contribution in [0.4, 0.5) is 5.69 Å². The van der Waals surface area contributed by atoms with Crippen molar-refractivity contribution in [3.63, 3.8) is 0 Å².